The van der Waals surface area contributed by atoms with E-state index in [0.717, 1.165) is 17.6 Å². The maximum atomic E-state index is 13.7. The van der Waals surface area contributed by atoms with Crippen LogP contribution in [-0.4, -0.2) is 107 Å². The molecule has 5 amide bonds. The summed E-state index contributed by atoms with van der Waals surface area (Å²) in [5, 5.41) is 15.0. The van der Waals surface area contributed by atoms with Crippen molar-refractivity contribution in [1.82, 2.24) is 25.5 Å². The molecule has 0 spiro atoms. The quantitative estimate of drug-likeness (QED) is 0.0466. The summed E-state index contributed by atoms with van der Waals surface area (Å²) in [6, 6.07) is 10.4. The smallest absolute Gasteiger partial charge is 0.260 e. The van der Waals surface area contributed by atoms with E-state index in [2.05, 4.69) is 41.5 Å². The van der Waals surface area contributed by atoms with Gasteiger partial charge in [0.05, 0.1) is 31.0 Å². The van der Waals surface area contributed by atoms with Gasteiger partial charge in [0.25, 0.3) is 5.91 Å². The molecule has 2 aromatic carbocycles. The minimum Gasteiger partial charge on any atom is -0.493 e. The number of hydrogen-bond acceptors (Lipinski definition) is 13. The summed E-state index contributed by atoms with van der Waals surface area (Å²) < 4.78 is 11.3. The molecule has 0 saturated heterocycles. The van der Waals surface area contributed by atoms with Crippen molar-refractivity contribution in [2.24, 2.45) is 10.9 Å². The molecule has 2 aliphatic rings. The lowest BCUT2D eigenvalue weighted by Crippen LogP contribution is -2.53. The molecule has 1 aromatic heterocycles. The Morgan fingerprint density at radius 1 is 0.934 bits per heavy atom. The summed E-state index contributed by atoms with van der Waals surface area (Å²) in [5.74, 6) is 0.676. The van der Waals surface area contributed by atoms with Gasteiger partial charge in [-0.2, -0.15) is 16.7 Å². The third kappa shape index (κ3) is 12.7. The van der Waals surface area contributed by atoms with Crippen LogP contribution in [-0.2, 0) is 19.2 Å². The van der Waals surface area contributed by atoms with E-state index < -0.39 is 23.9 Å². The molecule has 3 atom stereocenters. The molecule has 326 valence electrons. The Labute approximate surface area is 365 Å². The first-order chi connectivity index (χ1) is 29.3. The molecule has 0 fully saturated rings. The summed E-state index contributed by atoms with van der Waals surface area (Å²) in [6.45, 7) is 8.13. The average Bonchev–Trinajstić information content (AvgIpc) is 3.63. The normalized spacial score (nSPS) is 15.1. The van der Waals surface area contributed by atoms with Gasteiger partial charge in [0, 0.05) is 61.8 Å². The number of thioether (sulfide) groups is 2. The molecule has 0 aliphatic carbocycles. The number of anilines is 3. The highest BCUT2D eigenvalue weighted by molar-refractivity contribution is 7.98. The summed E-state index contributed by atoms with van der Waals surface area (Å²) in [6.07, 6.45) is 9.76. The summed E-state index contributed by atoms with van der Waals surface area (Å²) >= 11 is 3.01. The maximum absolute atomic E-state index is 13.7. The topological polar surface area (TPSA) is 205 Å². The molecule has 2 aliphatic heterocycles. The Morgan fingerprint density at radius 3 is 2.39 bits per heavy atom. The molecule has 0 bridgehead atoms. The van der Waals surface area contributed by atoms with Crippen LogP contribution in [0.1, 0.15) is 75.7 Å². The van der Waals surface area contributed by atoms with Gasteiger partial charge in [-0.1, -0.05) is 32.9 Å². The van der Waals surface area contributed by atoms with Crippen molar-refractivity contribution in [3.63, 3.8) is 0 Å². The van der Waals surface area contributed by atoms with Crippen LogP contribution >= 0.6 is 23.5 Å². The van der Waals surface area contributed by atoms with E-state index in [-0.39, 0.29) is 36.1 Å². The van der Waals surface area contributed by atoms with Crippen LogP contribution < -0.4 is 36.1 Å². The Bertz CT molecular complexity index is 2130. The molecule has 61 heavy (non-hydrogen) atoms. The van der Waals surface area contributed by atoms with E-state index in [1.807, 2.05) is 51.6 Å². The highest BCUT2D eigenvalue weighted by Gasteiger charge is 2.34. The molecule has 5 N–H and O–H groups in total. The van der Waals surface area contributed by atoms with Crippen LogP contribution in [0.15, 0.2) is 58.7 Å². The van der Waals surface area contributed by atoms with Crippen molar-refractivity contribution >= 4 is 88.0 Å². The van der Waals surface area contributed by atoms with Crippen LogP contribution in [0.2, 0.25) is 0 Å². The molecule has 0 radical (unpaired) electrons. The second-order valence-corrected chi connectivity index (χ2v) is 16.6. The molecule has 3 heterocycles. The molecule has 3 aromatic rings. The van der Waals surface area contributed by atoms with Crippen molar-refractivity contribution in [2.45, 2.75) is 83.0 Å². The number of rotatable bonds is 21. The second-order valence-electron chi connectivity index (χ2n) is 14.8. The first kappa shape index (κ1) is 46.4. The lowest BCUT2D eigenvalue weighted by molar-refractivity contribution is -0.131. The number of aromatic nitrogens is 2. The summed E-state index contributed by atoms with van der Waals surface area (Å²) in [7, 11) is 1.54. The molecular weight excluding hydrogens is 819 g/mol. The van der Waals surface area contributed by atoms with E-state index in [4.69, 9.17) is 9.47 Å². The predicted molar refractivity (Wildman–Crippen MR) is 242 cm³/mol. The van der Waals surface area contributed by atoms with Gasteiger partial charge >= 0.3 is 0 Å². The van der Waals surface area contributed by atoms with E-state index in [1.54, 1.807) is 60.1 Å². The largest absolute Gasteiger partial charge is 0.493 e. The van der Waals surface area contributed by atoms with Gasteiger partial charge in [0.1, 0.15) is 22.9 Å². The monoisotopic (exact) mass is 873 g/mol. The van der Waals surface area contributed by atoms with Crippen LogP contribution in [0.5, 0.6) is 11.5 Å². The number of methoxy groups -OCH3 is 1. The molecule has 18 heteroatoms. The van der Waals surface area contributed by atoms with Crippen molar-refractivity contribution in [3.8, 4) is 11.5 Å². The van der Waals surface area contributed by atoms with Crippen molar-refractivity contribution in [1.29, 1.82) is 0 Å². The number of carbonyl (C=O) groups excluding carboxylic acids is 5. The SMILES string of the molecule is CCCOc1cc2c(cc1OC)C(=O)N1C=C(c3ccc(NC(=O)[C@H](C)NC(=O)[C@@H](NC(=O)CCCNc4nc(NC(=O)CCSC)cc(SC)n4)C(C)C)cc3)C[C@H]1C=N2. The Kier molecular flexibility index (Phi) is 17.0. The molecular formula is C43H55N9O7S2. The van der Waals surface area contributed by atoms with Gasteiger partial charge in [-0.15, -0.1) is 11.8 Å². The predicted octanol–water partition coefficient (Wildman–Crippen LogP) is 6.14. The zero-order valence-corrected chi connectivity index (χ0v) is 37.3. The third-order valence-corrected chi connectivity index (χ3v) is 11.0. The number of ether oxygens (including phenoxy) is 2. The minimum atomic E-state index is -0.898. The standard InChI is InChI=1S/C43H55N9O7S2/c1-8-17-59-34-21-32-31(20-33(34)58-5)42(57)52-24-28(19-30(52)23-45-32)27-11-13-29(14-12-27)47-40(55)26(4)46-41(56)39(25(2)3)50-36(53)10-9-16-44-43-49-35(22-38(51-43)61-7)48-37(54)15-18-60-6/h11-14,20-26,30,39H,8-10,15-19H2,1-7H3,(H,46,56)(H,47,55)(H,50,53)(H2,44,48,49,51,54)/t26-,30-,39-/m0/s1. The minimum absolute atomic E-state index is 0.129. The van der Waals surface area contributed by atoms with Crippen molar-refractivity contribution in [2.75, 3.05) is 54.5 Å². The van der Waals surface area contributed by atoms with Crippen LogP contribution in [0.3, 0.4) is 0 Å². The first-order valence-electron chi connectivity index (χ1n) is 20.2. The molecule has 0 unspecified atom stereocenters. The number of amides is 5. The van der Waals surface area contributed by atoms with E-state index in [1.165, 1.54) is 18.9 Å². The fourth-order valence-electron chi connectivity index (χ4n) is 6.47. The van der Waals surface area contributed by atoms with Gasteiger partial charge < -0.3 is 41.0 Å². The Morgan fingerprint density at radius 2 is 1.70 bits per heavy atom. The van der Waals surface area contributed by atoms with Crippen molar-refractivity contribution < 1.29 is 33.4 Å². The highest BCUT2D eigenvalue weighted by Crippen LogP contribution is 2.40. The lowest BCUT2D eigenvalue weighted by atomic mass is 10.0. The van der Waals surface area contributed by atoms with Gasteiger partial charge in [-0.05, 0) is 67.5 Å². The zero-order chi connectivity index (χ0) is 44.1. The lowest BCUT2D eigenvalue weighted by Gasteiger charge is -2.24. The average molecular weight is 874 g/mol. The molecule has 0 saturated carbocycles. The summed E-state index contributed by atoms with van der Waals surface area (Å²) in [4.78, 5) is 80.4. The van der Waals surface area contributed by atoms with Gasteiger partial charge in [0.15, 0.2) is 11.5 Å². The number of benzene rings is 2. The van der Waals surface area contributed by atoms with Crippen LogP contribution in [0.25, 0.3) is 5.57 Å². The van der Waals surface area contributed by atoms with Crippen LogP contribution in [0, 0.1) is 5.92 Å². The van der Waals surface area contributed by atoms with Gasteiger partial charge in [-0.25, -0.2) is 4.98 Å². The van der Waals surface area contributed by atoms with E-state index in [9.17, 15) is 24.0 Å². The van der Waals surface area contributed by atoms with Gasteiger partial charge in [-0.3, -0.25) is 29.0 Å². The number of carbonyl (C=O) groups is 5. The number of nitrogens with one attached hydrogen (secondary N) is 5. The number of hydrogen-bond donors (Lipinski definition) is 5. The summed E-state index contributed by atoms with van der Waals surface area (Å²) in [5.41, 5.74) is 3.31. The maximum Gasteiger partial charge on any atom is 0.260 e. The van der Waals surface area contributed by atoms with Crippen LogP contribution in [0.4, 0.5) is 23.1 Å². The Balaban J connectivity index is 1.09. The zero-order valence-electron chi connectivity index (χ0n) is 35.6. The molecule has 5 rings (SSSR count). The molecule has 16 nitrogen and oxygen atoms in total. The fourth-order valence-corrected chi connectivity index (χ4v) is 7.27. The number of aliphatic imine (C=N–C) groups is 1. The van der Waals surface area contributed by atoms with Crippen molar-refractivity contribution in [3.05, 3.63) is 59.8 Å². The fraction of sp³-hybridized carbons (Fsp3) is 0.442. The number of fused-ring (bicyclic) bond motifs is 2. The third-order valence-electron chi connectivity index (χ3n) is 9.79. The first-order valence-corrected chi connectivity index (χ1v) is 22.8. The van der Waals surface area contributed by atoms with E-state index >= 15 is 0 Å². The Hall–Kier alpha value is -5.62. The van der Waals surface area contributed by atoms with E-state index in [0.29, 0.717) is 83.4 Å². The van der Waals surface area contributed by atoms with Gasteiger partial charge in [0.2, 0.25) is 29.6 Å². The highest BCUT2D eigenvalue weighted by atomic mass is 32.2. The number of nitrogens with zero attached hydrogens (tertiary/aromatic N) is 4. The second kappa shape index (κ2) is 22.3.